The Kier molecular flexibility index (Phi) is 3.72. The van der Waals surface area contributed by atoms with Crippen LogP contribution in [0.5, 0.6) is 11.5 Å². The molecule has 3 N–H and O–H groups in total. The molecule has 0 saturated carbocycles. The highest BCUT2D eigenvalue weighted by atomic mass is 16.6. The van der Waals surface area contributed by atoms with Gasteiger partial charge in [0.25, 0.3) is 0 Å². The van der Waals surface area contributed by atoms with Gasteiger partial charge in [-0.3, -0.25) is 10.9 Å². The molecule has 0 saturated heterocycles. The van der Waals surface area contributed by atoms with E-state index in [1.807, 2.05) is 6.07 Å². The number of nitrogens with one attached hydrogen (secondary N) is 3. The van der Waals surface area contributed by atoms with Crippen molar-refractivity contribution in [3.63, 3.8) is 0 Å². The van der Waals surface area contributed by atoms with E-state index in [0.29, 0.717) is 36.2 Å². The molecule has 0 bridgehead atoms. The van der Waals surface area contributed by atoms with Crippen molar-refractivity contribution in [2.24, 2.45) is 0 Å². The van der Waals surface area contributed by atoms with Crippen LogP contribution in [0, 0.1) is 0 Å². The minimum atomic E-state index is -0.405. The smallest absolute Gasteiger partial charge is 0.337 e. The van der Waals surface area contributed by atoms with Gasteiger partial charge in [-0.25, -0.2) is 9.78 Å². The van der Waals surface area contributed by atoms with Gasteiger partial charge in [-0.1, -0.05) is 6.07 Å². The Morgan fingerprint density at radius 2 is 1.95 bits per heavy atom. The van der Waals surface area contributed by atoms with Crippen LogP contribution in [0.15, 0.2) is 42.6 Å². The third kappa shape index (κ3) is 3.33. The van der Waals surface area contributed by atoms with Gasteiger partial charge in [0.05, 0.1) is 0 Å². The predicted molar refractivity (Wildman–Crippen MR) is 77.4 cm³/mol. The number of nitrogens with zero attached hydrogens (tertiary/aromatic N) is 1. The molecule has 1 aromatic carbocycles. The lowest BCUT2D eigenvalue weighted by atomic mass is 10.2. The summed E-state index contributed by atoms with van der Waals surface area (Å²) >= 11 is 0. The minimum absolute atomic E-state index is 0.405. The highest BCUT2D eigenvalue weighted by Crippen LogP contribution is 2.32. The van der Waals surface area contributed by atoms with Crippen molar-refractivity contribution in [3.8, 4) is 11.5 Å². The van der Waals surface area contributed by atoms with Crippen LogP contribution >= 0.6 is 0 Å². The number of rotatable bonds is 3. The number of aromatic nitrogens is 1. The fraction of sp³-hybridized carbons (Fsp3) is 0.143. The summed E-state index contributed by atoms with van der Waals surface area (Å²) in [6.45, 7) is 1.04. The van der Waals surface area contributed by atoms with Crippen LogP contribution in [0.4, 0.5) is 16.3 Å². The minimum Gasteiger partial charge on any atom is -0.486 e. The molecule has 0 spiro atoms. The summed E-state index contributed by atoms with van der Waals surface area (Å²) in [5, 5.41) is 2.69. The van der Waals surface area contributed by atoms with Gasteiger partial charge in [-0.2, -0.15) is 0 Å². The third-order valence-corrected chi connectivity index (χ3v) is 2.77. The molecule has 1 aliphatic rings. The lowest BCUT2D eigenvalue weighted by molar-refractivity contribution is 0.171. The standard InChI is InChI=1S/C14H14N4O3/c19-14(18-17-13-3-1-2-6-15-13)16-10-4-5-11-12(9-10)21-8-7-20-11/h1-6,9H,7-8H2,(H,15,17)(H2,16,18,19). The molecule has 0 atom stereocenters. The molecule has 7 nitrogen and oxygen atoms in total. The number of hydrazine groups is 1. The van der Waals surface area contributed by atoms with Crippen molar-refractivity contribution in [2.45, 2.75) is 0 Å². The van der Waals surface area contributed by atoms with Crippen LogP contribution in [-0.4, -0.2) is 24.2 Å². The summed E-state index contributed by atoms with van der Waals surface area (Å²) in [5.41, 5.74) is 5.80. The maximum absolute atomic E-state index is 11.8. The Balaban J connectivity index is 1.57. The maximum atomic E-state index is 11.8. The number of hydrogen-bond donors (Lipinski definition) is 3. The van der Waals surface area contributed by atoms with Crippen LogP contribution in [0.3, 0.4) is 0 Å². The van der Waals surface area contributed by atoms with E-state index in [9.17, 15) is 4.79 Å². The number of benzene rings is 1. The molecule has 3 rings (SSSR count). The molecule has 21 heavy (non-hydrogen) atoms. The SMILES string of the molecule is O=C(NNc1ccccn1)Nc1ccc2c(c1)OCCO2. The zero-order valence-corrected chi connectivity index (χ0v) is 11.1. The van der Waals surface area contributed by atoms with Crippen molar-refractivity contribution < 1.29 is 14.3 Å². The highest BCUT2D eigenvalue weighted by molar-refractivity contribution is 5.90. The maximum Gasteiger partial charge on any atom is 0.337 e. The van der Waals surface area contributed by atoms with Gasteiger partial charge >= 0.3 is 6.03 Å². The zero-order valence-electron chi connectivity index (χ0n) is 11.1. The van der Waals surface area contributed by atoms with Crippen LogP contribution in [0.2, 0.25) is 0 Å². The largest absolute Gasteiger partial charge is 0.486 e. The first kappa shape index (κ1) is 13.0. The second kappa shape index (κ2) is 6.00. The number of hydrogen-bond acceptors (Lipinski definition) is 5. The summed E-state index contributed by atoms with van der Waals surface area (Å²) in [6, 6.07) is 10.2. The monoisotopic (exact) mass is 286 g/mol. The first-order valence-electron chi connectivity index (χ1n) is 6.45. The van der Waals surface area contributed by atoms with Crippen molar-refractivity contribution in [2.75, 3.05) is 24.0 Å². The Hall–Kier alpha value is -2.96. The van der Waals surface area contributed by atoms with Gasteiger partial charge in [0.15, 0.2) is 11.5 Å². The number of fused-ring (bicyclic) bond motifs is 1. The lowest BCUT2D eigenvalue weighted by Crippen LogP contribution is -2.33. The molecule has 1 aliphatic heterocycles. The predicted octanol–water partition coefficient (Wildman–Crippen LogP) is 2.00. The van der Waals surface area contributed by atoms with Crippen LogP contribution in [0.1, 0.15) is 0 Å². The Morgan fingerprint density at radius 3 is 2.76 bits per heavy atom. The molecule has 0 radical (unpaired) electrons. The average molecular weight is 286 g/mol. The lowest BCUT2D eigenvalue weighted by Gasteiger charge is -2.19. The summed E-state index contributed by atoms with van der Waals surface area (Å²) < 4.78 is 10.9. The summed E-state index contributed by atoms with van der Waals surface area (Å²) in [7, 11) is 0. The fourth-order valence-corrected chi connectivity index (χ4v) is 1.84. The number of anilines is 2. The summed E-state index contributed by atoms with van der Waals surface area (Å²) in [5.74, 6) is 1.85. The van der Waals surface area contributed by atoms with Crippen LogP contribution in [0.25, 0.3) is 0 Å². The van der Waals surface area contributed by atoms with E-state index in [4.69, 9.17) is 9.47 Å². The van der Waals surface area contributed by atoms with Crippen molar-refractivity contribution >= 4 is 17.5 Å². The van der Waals surface area contributed by atoms with Crippen molar-refractivity contribution in [1.29, 1.82) is 0 Å². The molecule has 0 fully saturated rings. The van der Waals surface area contributed by atoms with Crippen molar-refractivity contribution in [1.82, 2.24) is 10.4 Å². The Bertz CT molecular complexity index is 633. The average Bonchev–Trinajstić information content (AvgIpc) is 2.54. The van der Waals surface area contributed by atoms with E-state index >= 15 is 0 Å². The van der Waals surface area contributed by atoms with Gasteiger partial charge in [0.1, 0.15) is 19.0 Å². The van der Waals surface area contributed by atoms with E-state index in [-0.39, 0.29) is 0 Å². The van der Waals surface area contributed by atoms with E-state index in [1.165, 1.54) is 0 Å². The first-order valence-corrected chi connectivity index (χ1v) is 6.45. The Morgan fingerprint density at radius 1 is 1.10 bits per heavy atom. The number of carbonyl (C=O) groups excluding carboxylic acids is 1. The number of ether oxygens (including phenoxy) is 2. The first-order chi connectivity index (χ1) is 10.3. The molecule has 7 heteroatoms. The molecular weight excluding hydrogens is 272 g/mol. The number of amides is 2. The summed E-state index contributed by atoms with van der Waals surface area (Å²) in [4.78, 5) is 15.8. The molecular formula is C14H14N4O3. The molecule has 2 aromatic rings. The number of pyridine rings is 1. The Labute approximate surface area is 121 Å². The van der Waals surface area contributed by atoms with Gasteiger partial charge < -0.3 is 14.8 Å². The molecule has 108 valence electrons. The topological polar surface area (TPSA) is 84.5 Å². The second-order valence-electron chi connectivity index (χ2n) is 4.28. The normalized spacial score (nSPS) is 12.4. The molecule has 2 amide bonds. The quantitative estimate of drug-likeness (QED) is 0.752. The highest BCUT2D eigenvalue weighted by Gasteiger charge is 2.12. The van der Waals surface area contributed by atoms with Gasteiger partial charge in [-0.15, -0.1) is 0 Å². The molecule has 2 heterocycles. The summed E-state index contributed by atoms with van der Waals surface area (Å²) in [6.07, 6.45) is 1.63. The zero-order chi connectivity index (χ0) is 14.5. The van der Waals surface area contributed by atoms with Crippen molar-refractivity contribution in [3.05, 3.63) is 42.6 Å². The fourth-order valence-electron chi connectivity index (χ4n) is 1.84. The van der Waals surface area contributed by atoms with E-state index < -0.39 is 6.03 Å². The molecule has 0 unspecified atom stereocenters. The molecule has 1 aromatic heterocycles. The van der Waals surface area contributed by atoms with Gasteiger partial charge in [-0.05, 0) is 24.3 Å². The van der Waals surface area contributed by atoms with Gasteiger partial charge in [0, 0.05) is 18.0 Å². The third-order valence-electron chi connectivity index (χ3n) is 2.77. The van der Waals surface area contributed by atoms with E-state index in [2.05, 4.69) is 21.2 Å². The number of urea groups is 1. The second-order valence-corrected chi connectivity index (χ2v) is 4.28. The molecule has 0 aliphatic carbocycles. The van der Waals surface area contributed by atoms with Crippen LogP contribution in [-0.2, 0) is 0 Å². The number of carbonyl (C=O) groups is 1. The van der Waals surface area contributed by atoms with Gasteiger partial charge in [0.2, 0.25) is 0 Å². The van der Waals surface area contributed by atoms with E-state index in [1.54, 1.807) is 36.5 Å². The van der Waals surface area contributed by atoms with E-state index in [0.717, 1.165) is 0 Å². The van der Waals surface area contributed by atoms with Crippen LogP contribution < -0.4 is 25.6 Å².